The van der Waals surface area contributed by atoms with Gasteiger partial charge in [0.05, 0.1) is 5.02 Å². The van der Waals surface area contributed by atoms with Gasteiger partial charge in [0.25, 0.3) is 0 Å². The lowest BCUT2D eigenvalue weighted by Gasteiger charge is -2.15. The van der Waals surface area contributed by atoms with Gasteiger partial charge in [-0.1, -0.05) is 42.3 Å². The van der Waals surface area contributed by atoms with Gasteiger partial charge in [0.15, 0.2) is 6.10 Å². The smallest absolute Gasteiger partial charge is 0.344 e. The first kappa shape index (κ1) is 19.4. The predicted octanol–water partition coefficient (Wildman–Crippen LogP) is 4.00. The summed E-state index contributed by atoms with van der Waals surface area (Å²) in [5.41, 5.74) is 0. The largest absolute Gasteiger partial charge is 0.479 e. The zero-order chi connectivity index (χ0) is 18.6. The summed E-state index contributed by atoms with van der Waals surface area (Å²) in [4.78, 5) is 10.9. The number of carboxylic acid groups (broad SMARTS) is 1. The molecule has 25 heavy (non-hydrogen) atoms. The van der Waals surface area contributed by atoms with Crippen molar-refractivity contribution in [1.29, 1.82) is 0 Å². The molecular weight excluding hydrogens is 391 g/mol. The molecule has 0 aliphatic carbocycles. The number of benzene rings is 2. The quantitative estimate of drug-likeness (QED) is 0.701. The maximum Gasteiger partial charge on any atom is 0.344 e. The molecule has 2 aromatic carbocycles. The van der Waals surface area contributed by atoms with Crippen molar-refractivity contribution in [3.05, 3.63) is 52.5 Å². The van der Waals surface area contributed by atoms with E-state index in [4.69, 9.17) is 37.2 Å². The van der Waals surface area contributed by atoms with Gasteiger partial charge in [0, 0.05) is 17.2 Å². The van der Waals surface area contributed by atoms with Gasteiger partial charge in [-0.05, 0) is 24.6 Å². The topological polar surface area (TPSA) is 89.9 Å². The summed E-state index contributed by atoms with van der Waals surface area (Å²) in [6.45, 7) is 1.64. The fraction of sp³-hybridized carbons (Fsp3) is 0.188. The van der Waals surface area contributed by atoms with Crippen LogP contribution in [0.15, 0.2) is 47.4 Å². The standard InChI is InChI=1S/C16H14Cl2O6S/c1-2-14(16(19)20)23-11-7-10(17)8-12(9-11)24-25(21,22)15-6-4-3-5-13(15)18/h3-9,14H,2H2,1H3,(H,19,20). The second kappa shape index (κ2) is 7.95. The van der Waals surface area contributed by atoms with Crippen molar-refractivity contribution in [2.45, 2.75) is 24.3 Å². The predicted molar refractivity (Wildman–Crippen MR) is 93.1 cm³/mol. The third kappa shape index (κ3) is 5.01. The Bertz CT molecular complexity index is 882. The summed E-state index contributed by atoms with van der Waals surface area (Å²) in [5, 5.41) is 9.18. The molecule has 2 rings (SSSR count). The number of hydrogen-bond donors (Lipinski definition) is 1. The number of rotatable bonds is 7. The number of halogens is 2. The number of aliphatic carboxylic acids is 1. The lowest BCUT2D eigenvalue weighted by Crippen LogP contribution is -2.25. The molecule has 1 atom stereocenters. The van der Waals surface area contributed by atoms with E-state index in [2.05, 4.69) is 0 Å². The molecule has 0 aliphatic heterocycles. The third-order valence-corrected chi connectivity index (χ3v) is 5.05. The van der Waals surface area contributed by atoms with Gasteiger partial charge >= 0.3 is 16.1 Å². The highest BCUT2D eigenvalue weighted by molar-refractivity contribution is 7.87. The molecule has 0 spiro atoms. The van der Waals surface area contributed by atoms with Crippen LogP contribution in [0.3, 0.4) is 0 Å². The molecule has 6 nitrogen and oxygen atoms in total. The van der Waals surface area contributed by atoms with Crippen LogP contribution in [-0.4, -0.2) is 25.6 Å². The number of ether oxygens (including phenoxy) is 1. The summed E-state index contributed by atoms with van der Waals surface area (Å²) in [6.07, 6.45) is -0.873. The number of hydrogen-bond acceptors (Lipinski definition) is 5. The lowest BCUT2D eigenvalue weighted by molar-refractivity contribution is -0.145. The van der Waals surface area contributed by atoms with Gasteiger partial charge < -0.3 is 14.0 Å². The summed E-state index contributed by atoms with van der Waals surface area (Å²) in [7, 11) is -4.19. The Morgan fingerprint density at radius 2 is 1.80 bits per heavy atom. The van der Waals surface area contributed by atoms with E-state index in [9.17, 15) is 13.2 Å². The zero-order valence-electron chi connectivity index (χ0n) is 13.0. The van der Waals surface area contributed by atoms with Crippen LogP contribution >= 0.6 is 23.2 Å². The number of carbonyl (C=O) groups is 1. The summed E-state index contributed by atoms with van der Waals surface area (Å²) >= 11 is 11.8. The molecule has 0 bridgehead atoms. The fourth-order valence-electron chi connectivity index (χ4n) is 1.94. The van der Waals surface area contributed by atoms with E-state index in [1.165, 1.54) is 36.4 Å². The Balaban J connectivity index is 2.31. The normalized spacial score (nSPS) is 12.4. The molecule has 0 amide bonds. The van der Waals surface area contributed by atoms with Crippen LogP contribution < -0.4 is 8.92 Å². The molecular formula is C16H14Cl2O6S. The molecule has 0 aliphatic rings. The maximum atomic E-state index is 12.3. The van der Waals surface area contributed by atoms with Gasteiger partial charge in [-0.2, -0.15) is 8.42 Å². The van der Waals surface area contributed by atoms with Crippen LogP contribution in [0.5, 0.6) is 11.5 Å². The van der Waals surface area contributed by atoms with Gasteiger partial charge in [-0.25, -0.2) is 4.79 Å². The van der Waals surface area contributed by atoms with Gasteiger partial charge in [-0.3, -0.25) is 0 Å². The zero-order valence-corrected chi connectivity index (χ0v) is 15.3. The first-order valence-electron chi connectivity index (χ1n) is 7.12. The van der Waals surface area contributed by atoms with Crippen LogP contribution in [0, 0.1) is 0 Å². The summed E-state index contributed by atoms with van der Waals surface area (Å²) < 4.78 is 35.0. The third-order valence-electron chi connectivity index (χ3n) is 3.08. The fourth-order valence-corrected chi connectivity index (χ4v) is 3.57. The van der Waals surface area contributed by atoms with Crippen LogP contribution in [-0.2, 0) is 14.9 Å². The molecule has 0 aromatic heterocycles. The minimum Gasteiger partial charge on any atom is -0.479 e. The summed E-state index contributed by atoms with van der Waals surface area (Å²) in [6, 6.07) is 9.69. The average Bonchev–Trinajstić information content (AvgIpc) is 2.51. The minimum absolute atomic E-state index is 0.0120. The van der Waals surface area contributed by atoms with Crippen molar-refractivity contribution in [2.75, 3.05) is 0 Å². The summed E-state index contributed by atoms with van der Waals surface area (Å²) in [5.74, 6) is -1.19. The minimum atomic E-state index is -4.19. The first-order chi connectivity index (χ1) is 11.7. The Morgan fingerprint density at radius 1 is 1.16 bits per heavy atom. The molecule has 134 valence electrons. The van der Waals surface area contributed by atoms with Crippen molar-refractivity contribution in [3.8, 4) is 11.5 Å². The highest BCUT2D eigenvalue weighted by atomic mass is 35.5. The van der Waals surface area contributed by atoms with Crippen molar-refractivity contribution < 1.29 is 27.2 Å². The number of carboxylic acids is 1. The molecule has 0 heterocycles. The van der Waals surface area contributed by atoms with Crippen molar-refractivity contribution >= 4 is 39.3 Å². The van der Waals surface area contributed by atoms with Crippen LogP contribution in [0.2, 0.25) is 10.0 Å². The maximum absolute atomic E-state index is 12.3. The van der Waals surface area contributed by atoms with Crippen molar-refractivity contribution in [2.24, 2.45) is 0 Å². The van der Waals surface area contributed by atoms with Crippen molar-refractivity contribution in [3.63, 3.8) is 0 Å². The first-order valence-corrected chi connectivity index (χ1v) is 9.28. The van der Waals surface area contributed by atoms with E-state index in [0.717, 1.165) is 0 Å². The van der Waals surface area contributed by atoms with E-state index in [0.29, 0.717) is 0 Å². The Labute approximate surface area is 155 Å². The Morgan fingerprint density at radius 3 is 2.40 bits per heavy atom. The second-order valence-corrected chi connectivity index (χ2v) is 7.30. The molecule has 0 saturated carbocycles. The van der Waals surface area contributed by atoms with Crippen LogP contribution in [0.4, 0.5) is 0 Å². The van der Waals surface area contributed by atoms with Crippen LogP contribution in [0.25, 0.3) is 0 Å². The SMILES string of the molecule is CCC(Oc1cc(Cl)cc(OS(=O)(=O)c2ccccc2Cl)c1)C(=O)O. The highest BCUT2D eigenvalue weighted by Gasteiger charge is 2.22. The Kier molecular flexibility index (Phi) is 6.16. The van der Waals surface area contributed by atoms with Crippen molar-refractivity contribution in [1.82, 2.24) is 0 Å². The van der Waals surface area contributed by atoms with E-state index in [1.807, 2.05) is 0 Å². The molecule has 1 unspecified atom stereocenters. The average molecular weight is 405 g/mol. The molecule has 0 fully saturated rings. The monoisotopic (exact) mass is 404 g/mol. The Hall–Kier alpha value is -1.96. The molecule has 9 heteroatoms. The van der Waals surface area contributed by atoms with E-state index < -0.39 is 22.2 Å². The van der Waals surface area contributed by atoms with E-state index in [1.54, 1.807) is 13.0 Å². The molecule has 0 saturated heterocycles. The van der Waals surface area contributed by atoms with Gasteiger partial charge in [0.1, 0.15) is 16.4 Å². The molecule has 0 radical (unpaired) electrons. The second-order valence-electron chi connectivity index (χ2n) is 4.94. The van der Waals surface area contributed by atoms with E-state index in [-0.39, 0.29) is 32.9 Å². The lowest BCUT2D eigenvalue weighted by atomic mass is 10.2. The molecule has 1 N–H and O–H groups in total. The van der Waals surface area contributed by atoms with Crippen LogP contribution in [0.1, 0.15) is 13.3 Å². The van der Waals surface area contributed by atoms with Gasteiger partial charge in [-0.15, -0.1) is 0 Å². The van der Waals surface area contributed by atoms with Gasteiger partial charge in [0.2, 0.25) is 0 Å². The highest BCUT2D eigenvalue weighted by Crippen LogP contribution is 2.30. The van der Waals surface area contributed by atoms with E-state index >= 15 is 0 Å². The molecule has 2 aromatic rings.